The van der Waals surface area contributed by atoms with Crippen molar-refractivity contribution in [1.82, 2.24) is 29.9 Å². The van der Waals surface area contributed by atoms with Gasteiger partial charge in [-0.05, 0) is 13.0 Å². The highest BCUT2D eigenvalue weighted by atomic mass is 19.3. The summed E-state index contributed by atoms with van der Waals surface area (Å²) in [5.41, 5.74) is 2.34. The summed E-state index contributed by atoms with van der Waals surface area (Å²) in [6.45, 7) is 1.87. The van der Waals surface area contributed by atoms with E-state index < -0.39 is 5.92 Å². The van der Waals surface area contributed by atoms with Gasteiger partial charge in [0, 0.05) is 37.4 Å². The number of aromatic nitrogens is 5. The summed E-state index contributed by atoms with van der Waals surface area (Å²) in [6, 6.07) is 2.04. The second-order valence-corrected chi connectivity index (χ2v) is 7.60. The Bertz CT molecular complexity index is 1040. The summed E-state index contributed by atoms with van der Waals surface area (Å²) in [5, 5.41) is 11.3. The third-order valence-electron chi connectivity index (χ3n) is 5.49. The predicted molar refractivity (Wildman–Crippen MR) is 102 cm³/mol. The molecule has 1 saturated heterocycles. The number of hydrogen-bond donors (Lipinski definition) is 2. The van der Waals surface area contributed by atoms with Gasteiger partial charge in [-0.3, -0.25) is 4.98 Å². The Kier molecular flexibility index (Phi) is 4.30. The van der Waals surface area contributed by atoms with Gasteiger partial charge in [0.2, 0.25) is 5.92 Å². The van der Waals surface area contributed by atoms with Crippen LogP contribution in [0.4, 0.5) is 14.6 Å². The average Bonchev–Trinajstić information content (AvgIpc) is 3.34. The molecule has 0 radical (unpaired) electrons. The molecule has 2 aliphatic rings. The lowest BCUT2D eigenvalue weighted by Crippen LogP contribution is -2.34. The lowest BCUT2D eigenvalue weighted by atomic mass is 9.79. The highest BCUT2D eigenvalue weighted by Crippen LogP contribution is 2.49. The van der Waals surface area contributed by atoms with Gasteiger partial charge in [0.05, 0.1) is 25.7 Å². The molecule has 4 heterocycles. The molecule has 152 valence electrons. The number of ether oxygens (including phenoxy) is 1. The van der Waals surface area contributed by atoms with E-state index in [1.165, 1.54) is 7.11 Å². The number of methoxy groups -OCH3 is 1. The first kappa shape index (κ1) is 18.2. The van der Waals surface area contributed by atoms with Crippen LogP contribution in [0.15, 0.2) is 24.7 Å². The predicted octanol–water partition coefficient (Wildman–Crippen LogP) is 2.48. The molecule has 1 aliphatic carbocycles. The van der Waals surface area contributed by atoms with E-state index in [1.807, 2.05) is 0 Å². The molecule has 0 bridgehead atoms. The SMILES string of the molecule is COc1cc2ncc(-c3cncc(NC4CCNC4)n3)n2nc1C1CC(F)(F)C1. The zero-order valence-electron chi connectivity index (χ0n) is 15.9. The number of fused-ring (bicyclic) bond motifs is 1. The number of rotatable bonds is 5. The summed E-state index contributed by atoms with van der Waals surface area (Å²) >= 11 is 0. The van der Waals surface area contributed by atoms with Crippen molar-refractivity contribution >= 4 is 11.5 Å². The Labute approximate surface area is 165 Å². The second kappa shape index (κ2) is 6.87. The molecule has 29 heavy (non-hydrogen) atoms. The molecule has 10 heteroatoms. The van der Waals surface area contributed by atoms with Gasteiger partial charge in [-0.1, -0.05) is 0 Å². The summed E-state index contributed by atoms with van der Waals surface area (Å²) < 4.78 is 33.8. The zero-order chi connectivity index (χ0) is 20.0. The number of halogens is 2. The molecule has 2 N–H and O–H groups in total. The minimum Gasteiger partial charge on any atom is -0.495 e. The van der Waals surface area contributed by atoms with Crippen molar-refractivity contribution in [2.75, 3.05) is 25.5 Å². The van der Waals surface area contributed by atoms with Crippen molar-refractivity contribution in [3.05, 3.63) is 30.4 Å². The van der Waals surface area contributed by atoms with Crippen molar-refractivity contribution in [1.29, 1.82) is 0 Å². The van der Waals surface area contributed by atoms with Crippen LogP contribution >= 0.6 is 0 Å². The molecule has 3 aromatic heterocycles. The van der Waals surface area contributed by atoms with E-state index in [4.69, 9.17) is 4.74 Å². The lowest BCUT2D eigenvalue weighted by molar-refractivity contribution is -0.0881. The molecule has 1 saturated carbocycles. The Morgan fingerprint density at radius 1 is 1.28 bits per heavy atom. The molecule has 1 unspecified atom stereocenters. The smallest absolute Gasteiger partial charge is 0.249 e. The van der Waals surface area contributed by atoms with Gasteiger partial charge in [0.1, 0.15) is 28.6 Å². The number of hydrogen-bond acceptors (Lipinski definition) is 7. The van der Waals surface area contributed by atoms with E-state index in [0.717, 1.165) is 19.5 Å². The number of nitrogens with one attached hydrogen (secondary N) is 2. The van der Waals surface area contributed by atoms with Crippen LogP contribution in [0.1, 0.15) is 30.9 Å². The second-order valence-electron chi connectivity index (χ2n) is 7.60. The fourth-order valence-electron chi connectivity index (χ4n) is 3.93. The minimum absolute atomic E-state index is 0.222. The quantitative estimate of drug-likeness (QED) is 0.679. The molecule has 0 amide bonds. The first-order valence-corrected chi connectivity index (χ1v) is 9.62. The maximum Gasteiger partial charge on any atom is 0.249 e. The third kappa shape index (κ3) is 3.37. The molecular formula is C19H21F2N7O. The van der Waals surface area contributed by atoms with Crippen LogP contribution in [-0.4, -0.2) is 56.7 Å². The summed E-state index contributed by atoms with van der Waals surface area (Å²) in [6.07, 6.45) is 5.57. The summed E-state index contributed by atoms with van der Waals surface area (Å²) in [4.78, 5) is 13.3. The van der Waals surface area contributed by atoms with Gasteiger partial charge in [-0.25, -0.2) is 23.3 Å². The van der Waals surface area contributed by atoms with Crippen LogP contribution in [-0.2, 0) is 0 Å². The van der Waals surface area contributed by atoms with Crippen LogP contribution in [0.3, 0.4) is 0 Å². The van der Waals surface area contributed by atoms with E-state index >= 15 is 0 Å². The monoisotopic (exact) mass is 401 g/mol. The van der Waals surface area contributed by atoms with Crippen LogP contribution in [0, 0.1) is 0 Å². The fourth-order valence-corrected chi connectivity index (χ4v) is 3.93. The Hall–Kier alpha value is -2.88. The molecular weight excluding hydrogens is 380 g/mol. The highest BCUT2D eigenvalue weighted by molar-refractivity contribution is 5.61. The third-order valence-corrected chi connectivity index (χ3v) is 5.49. The van der Waals surface area contributed by atoms with Crippen molar-refractivity contribution < 1.29 is 13.5 Å². The van der Waals surface area contributed by atoms with Gasteiger partial charge in [0.25, 0.3) is 0 Å². The van der Waals surface area contributed by atoms with Crippen LogP contribution in [0.25, 0.3) is 17.0 Å². The standard InChI is InChI=1S/C19H21F2N7O/c1-29-15-4-17-24-9-14(28(17)27-18(15)11-5-19(20,21)6-11)13-8-23-10-16(26-13)25-12-2-3-22-7-12/h4,8-12,22H,2-3,5-7H2,1H3,(H,25,26). The normalized spacial score (nSPS) is 21.3. The van der Waals surface area contributed by atoms with Gasteiger partial charge >= 0.3 is 0 Å². The average molecular weight is 401 g/mol. The van der Waals surface area contributed by atoms with E-state index in [9.17, 15) is 8.78 Å². The number of anilines is 1. The lowest BCUT2D eigenvalue weighted by Gasteiger charge is -2.34. The van der Waals surface area contributed by atoms with Crippen LogP contribution < -0.4 is 15.4 Å². The maximum atomic E-state index is 13.4. The molecule has 1 atom stereocenters. The number of alkyl halides is 2. The van der Waals surface area contributed by atoms with Crippen LogP contribution in [0.2, 0.25) is 0 Å². The van der Waals surface area contributed by atoms with E-state index in [2.05, 4.69) is 30.7 Å². The molecule has 3 aromatic rings. The topological polar surface area (TPSA) is 89.3 Å². The van der Waals surface area contributed by atoms with Gasteiger partial charge in [-0.15, -0.1) is 0 Å². The summed E-state index contributed by atoms with van der Waals surface area (Å²) in [5.74, 6) is -1.82. The molecule has 2 fully saturated rings. The Morgan fingerprint density at radius 2 is 2.14 bits per heavy atom. The van der Waals surface area contributed by atoms with Crippen LogP contribution in [0.5, 0.6) is 5.75 Å². The molecule has 5 rings (SSSR count). The van der Waals surface area contributed by atoms with Gasteiger partial charge in [0.15, 0.2) is 5.65 Å². The molecule has 0 spiro atoms. The molecule has 1 aliphatic heterocycles. The minimum atomic E-state index is -2.63. The van der Waals surface area contributed by atoms with Gasteiger partial charge in [-0.2, -0.15) is 5.10 Å². The highest BCUT2D eigenvalue weighted by Gasteiger charge is 2.47. The number of imidazole rings is 1. The Balaban J connectivity index is 1.50. The Morgan fingerprint density at radius 3 is 2.86 bits per heavy atom. The maximum absolute atomic E-state index is 13.4. The van der Waals surface area contributed by atoms with E-state index in [0.29, 0.717) is 40.3 Å². The zero-order valence-corrected chi connectivity index (χ0v) is 15.9. The first-order chi connectivity index (χ1) is 14.0. The van der Waals surface area contributed by atoms with E-state index in [-0.39, 0.29) is 18.8 Å². The largest absolute Gasteiger partial charge is 0.495 e. The van der Waals surface area contributed by atoms with Crippen molar-refractivity contribution in [2.45, 2.75) is 37.1 Å². The fraction of sp³-hybridized carbons (Fsp3) is 0.474. The van der Waals surface area contributed by atoms with Crippen molar-refractivity contribution in [3.8, 4) is 17.1 Å². The first-order valence-electron chi connectivity index (χ1n) is 9.62. The molecule has 8 nitrogen and oxygen atoms in total. The van der Waals surface area contributed by atoms with Crippen molar-refractivity contribution in [2.24, 2.45) is 0 Å². The summed E-state index contributed by atoms with van der Waals surface area (Å²) in [7, 11) is 1.51. The number of nitrogens with zero attached hydrogens (tertiary/aromatic N) is 5. The van der Waals surface area contributed by atoms with E-state index in [1.54, 1.807) is 29.2 Å². The molecule has 0 aromatic carbocycles. The van der Waals surface area contributed by atoms with Gasteiger partial charge < -0.3 is 15.4 Å². The van der Waals surface area contributed by atoms with Crippen molar-refractivity contribution in [3.63, 3.8) is 0 Å².